The number of fused-ring (bicyclic) bond motifs is 1. The van der Waals surface area contributed by atoms with Crippen molar-refractivity contribution in [1.82, 2.24) is 0 Å². The number of nitrogens with zero attached hydrogens (tertiary/aromatic N) is 1. The SMILES string of the molecule is Nc1ccc(CN2CCCc3ccccc32)cc1N. The maximum absolute atomic E-state index is 5.88. The molecule has 98 valence electrons. The van der Waals surface area contributed by atoms with Gasteiger partial charge in [-0.05, 0) is 42.2 Å². The Kier molecular flexibility index (Phi) is 3.03. The lowest BCUT2D eigenvalue weighted by molar-refractivity contribution is 0.691. The monoisotopic (exact) mass is 253 g/mol. The summed E-state index contributed by atoms with van der Waals surface area (Å²) in [6, 6.07) is 14.6. The van der Waals surface area contributed by atoms with E-state index in [4.69, 9.17) is 11.5 Å². The Bertz CT molecular complexity index is 592. The quantitative estimate of drug-likeness (QED) is 0.809. The van der Waals surface area contributed by atoms with Crippen LogP contribution in [-0.2, 0) is 13.0 Å². The minimum atomic E-state index is 0.655. The number of hydrogen-bond donors (Lipinski definition) is 2. The Balaban J connectivity index is 1.86. The summed E-state index contributed by atoms with van der Waals surface area (Å²) < 4.78 is 0. The van der Waals surface area contributed by atoms with Crippen LogP contribution in [0, 0.1) is 0 Å². The van der Waals surface area contributed by atoms with Gasteiger partial charge in [-0.15, -0.1) is 0 Å². The van der Waals surface area contributed by atoms with E-state index < -0.39 is 0 Å². The fourth-order valence-corrected chi connectivity index (χ4v) is 2.72. The lowest BCUT2D eigenvalue weighted by atomic mass is 10.0. The third kappa shape index (κ3) is 2.36. The highest BCUT2D eigenvalue weighted by atomic mass is 15.1. The summed E-state index contributed by atoms with van der Waals surface area (Å²) >= 11 is 0. The van der Waals surface area contributed by atoms with E-state index >= 15 is 0 Å². The van der Waals surface area contributed by atoms with Gasteiger partial charge in [-0.2, -0.15) is 0 Å². The van der Waals surface area contributed by atoms with Gasteiger partial charge in [-0.3, -0.25) is 0 Å². The van der Waals surface area contributed by atoms with E-state index in [1.807, 2.05) is 12.1 Å². The minimum absolute atomic E-state index is 0.655. The Morgan fingerprint density at radius 3 is 2.68 bits per heavy atom. The number of rotatable bonds is 2. The lowest BCUT2D eigenvalue weighted by Crippen LogP contribution is -2.28. The summed E-state index contributed by atoms with van der Waals surface area (Å²) in [5, 5.41) is 0. The van der Waals surface area contributed by atoms with Gasteiger partial charge < -0.3 is 16.4 Å². The molecular weight excluding hydrogens is 234 g/mol. The average molecular weight is 253 g/mol. The standard InChI is InChI=1S/C16H19N3/c17-14-8-7-12(10-15(14)18)11-19-9-3-5-13-4-1-2-6-16(13)19/h1-2,4,6-8,10H,3,5,9,11,17-18H2. The molecule has 0 atom stereocenters. The summed E-state index contributed by atoms with van der Waals surface area (Å²) in [4.78, 5) is 2.42. The molecule has 0 bridgehead atoms. The van der Waals surface area contributed by atoms with Gasteiger partial charge in [0.05, 0.1) is 11.4 Å². The third-order valence-electron chi connectivity index (χ3n) is 3.73. The molecule has 1 heterocycles. The Morgan fingerprint density at radius 1 is 1.00 bits per heavy atom. The molecule has 19 heavy (non-hydrogen) atoms. The first-order chi connectivity index (χ1) is 9.24. The summed E-state index contributed by atoms with van der Waals surface area (Å²) in [7, 11) is 0. The van der Waals surface area contributed by atoms with Gasteiger partial charge in [0.1, 0.15) is 0 Å². The second kappa shape index (κ2) is 4.84. The number of benzene rings is 2. The van der Waals surface area contributed by atoms with Crippen molar-refractivity contribution < 1.29 is 0 Å². The molecule has 0 saturated carbocycles. The first-order valence-corrected chi connectivity index (χ1v) is 6.71. The molecule has 4 N–H and O–H groups in total. The van der Waals surface area contributed by atoms with Crippen LogP contribution in [0.1, 0.15) is 17.5 Å². The Labute approximate surface area is 113 Å². The van der Waals surface area contributed by atoms with Gasteiger partial charge in [-0.25, -0.2) is 0 Å². The normalized spacial score (nSPS) is 14.2. The van der Waals surface area contributed by atoms with Gasteiger partial charge in [0, 0.05) is 18.8 Å². The van der Waals surface area contributed by atoms with Gasteiger partial charge in [-0.1, -0.05) is 24.3 Å². The molecule has 2 aromatic rings. The van der Waals surface area contributed by atoms with Crippen molar-refractivity contribution in [3.05, 3.63) is 53.6 Å². The summed E-state index contributed by atoms with van der Waals surface area (Å²) in [5.74, 6) is 0. The predicted molar refractivity (Wildman–Crippen MR) is 81.1 cm³/mol. The minimum Gasteiger partial charge on any atom is -0.397 e. The van der Waals surface area contributed by atoms with Crippen molar-refractivity contribution in [3.8, 4) is 0 Å². The summed E-state index contributed by atoms with van der Waals surface area (Å²) in [6.45, 7) is 1.99. The molecule has 3 rings (SSSR count). The molecular formula is C16H19N3. The van der Waals surface area contributed by atoms with Crippen molar-refractivity contribution in [2.24, 2.45) is 0 Å². The van der Waals surface area contributed by atoms with Crippen LogP contribution in [-0.4, -0.2) is 6.54 Å². The zero-order chi connectivity index (χ0) is 13.2. The van der Waals surface area contributed by atoms with Crippen LogP contribution in [0.2, 0.25) is 0 Å². The van der Waals surface area contributed by atoms with Crippen LogP contribution in [0.5, 0.6) is 0 Å². The molecule has 0 aliphatic carbocycles. The molecule has 0 spiro atoms. The van der Waals surface area contributed by atoms with Crippen LogP contribution in [0.3, 0.4) is 0 Å². The molecule has 0 fully saturated rings. The first-order valence-electron chi connectivity index (χ1n) is 6.71. The number of nitrogens with two attached hydrogens (primary N) is 2. The van der Waals surface area contributed by atoms with E-state index in [0.717, 1.165) is 13.1 Å². The van der Waals surface area contributed by atoms with Gasteiger partial charge >= 0.3 is 0 Å². The molecule has 1 aliphatic heterocycles. The van der Waals surface area contributed by atoms with Crippen LogP contribution >= 0.6 is 0 Å². The van der Waals surface area contributed by atoms with Gasteiger partial charge in [0.2, 0.25) is 0 Å². The predicted octanol–water partition coefficient (Wildman–Crippen LogP) is 2.80. The van der Waals surface area contributed by atoms with E-state index in [1.165, 1.54) is 29.7 Å². The molecule has 0 radical (unpaired) electrons. The highest BCUT2D eigenvalue weighted by Gasteiger charge is 2.16. The Morgan fingerprint density at radius 2 is 1.84 bits per heavy atom. The van der Waals surface area contributed by atoms with Crippen molar-refractivity contribution >= 4 is 17.1 Å². The van der Waals surface area contributed by atoms with Crippen LogP contribution in [0.25, 0.3) is 0 Å². The van der Waals surface area contributed by atoms with E-state index in [1.54, 1.807) is 0 Å². The molecule has 3 heteroatoms. The highest BCUT2D eigenvalue weighted by molar-refractivity contribution is 5.64. The van der Waals surface area contributed by atoms with Crippen molar-refractivity contribution in [2.75, 3.05) is 22.9 Å². The third-order valence-corrected chi connectivity index (χ3v) is 3.73. The molecule has 0 aromatic heterocycles. The van der Waals surface area contributed by atoms with E-state index in [0.29, 0.717) is 11.4 Å². The first kappa shape index (κ1) is 11.9. The largest absolute Gasteiger partial charge is 0.397 e. The van der Waals surface area contributed by atoms with Crippen LogP contribution in [0.4, 0.5) is 17.1 Å². The fraction of sp³-hybridized carbons (Fsp3) is 0.250. The number of aryl methyl sites for hydroxylation is 1. The summed E-state index contributed by atoms with van der Waals surface area (Å²) in [6.07, 6.45) is 2.39. The molecule has 3 nitrogen and oxygen atoms in total. The second-order valence-corrected chi connectivity index (χ2v) is 5.12. The van der Waals surface area contributed by atoms with E-state index in [-0.39, 0.29) is 0 Å². The maximum Gasteiger partial charge on any atom is 0.0551 e. The van der Waals surface area contributed by atoms with E-state index in [9.17, 15) is 0 Å². The maximum atomic E-state index is 5.88. The Hall–Kier alpha value is -2.16. The molecule has 0 saturated heterocycles. The molecule has 1 aliphatic rings. The number of anilines is 3. The lowest BCUT2D eigenvalue weighted by Gasteiger charge is -2.31. The number of nitrogen functional groups attached to an aromatic ring is 2. The molecule has 0 unspecified atom stereocenters. The summed E-state index contributed by atoms with van der Waals surface area (Å²) in [5.41, 5.74) is 17.0. The smallest absolute Gasteiger partial charge is 0.0551 e. The van der Waals surface area contributed by atoms with Crippen molar-refractivity contribution in [2.45, 2.75) is 19.4 Å². The fourth-order valence-electron chi connectivity index (χ4n) is 2.72. The van der Waals surface area contributed by atoms with Crippen molar-refractivity contribution in [3.63, 3.8) is 0 Å². The van der Waals surface area contributed by atoms with Crippen molar-refractivity contribution in [1.29, 1.82) is 0 Å². The zero-order valence-corrected chi connectivity index (χ0v) is 11.0. The number of para-hydroxylation sites is 1. The second-order valence-electron chi connectivity index (χ2n) is 5.12. The van der Waals surface area contributed by atoms with E-state index in [2.05, 4.69) is 35.2 Å². The average Bonchev–Trinajstić information content (AvgIpc) is 2.43. The van der Waals surface area contributed by atoms with Gasteiger partial charge in [0.15, 0.2) is 0 Å². The topological polar surface area (TPSA) is 55.3 Å². The van der Waals surface area contributed by atoms with Crippen LogP contribution in [0.15, 0.2) is 42.5 Å². The number of hydrogen-bond acceptors (Lipinski definition) is 3. The van der Waals surface area contributed by atoms with Gasteiger partial charge in [0.25, 0.3) is 0 Å². The molecule has 2 aromatic carbocycles. The molecule has 0 amide bonds. The highest BCUT2D eigenvalue weighted by Crippen LogP contribution is 2.28. The zero-order valence-electron chi connectivity index (χ0n) is 11.0. The van der Waals surface area contributed by atoms with Crippen LogP contribution < -0.4 is 16.4 Å².